The third-order valence-electron chi connectivity index (χ3n) is 5.98. The molecule has 0 radical (unpaired) electrons. The second-order valence-corrected chi connectivity index (χ2v) is 8.53. The van der Waals surface area contributed by atoms with E-state index >= 15 is 0 Å². The zero-order chi connectivity index (χ0) is 21.9. The number of aromatic amines is 2. The molecule has 1 aliphatic rings. The third kappa shape index (κ3) is 6.75. The Morgan fingerprint density at radius 3 is 2.42 bits per heavy atom. The van der Waals surface area contributed by atoms with Gasteiger partial charge in [0.25, 0.3) is 0 Å². The van der Waals surface area contributed by atoms with Crippen LogP contribution in [0.5, 0.6) is 0 Å². The Balaban J connectivity index is 1.77. The van der Waals surface area contributed by atoms with Gasteiger partial charge in [0, 0.05) is 23.7 Å². The zero-order valence-corrected chi connectivity index (χ0v) is 19.6. The van der Waals surface area contributed by atoms with Gasteiger partial charge in [0.05, 0.1) is 18.5 Å². The first-order valence-corrected chi connectivity index (χ1v) is 12.2. The summed E-state index contributed by atoms with van der Waals surface area (Å²) in [6.07, 6.45) is 20.0. The van der Waals surface area contributed by atoms with Crippen LogP contribution in [0.1, 0.15) is 94.3 Å². The number of H-pyrrole nitrogens is 2. The van der Waals surface area contributed by atoms with Gasteiger partial charge in [-0.25, -0.2) is 4.99 Å². The average molecular weight is 422 g/mol. The van der Waals surface area contributed by atoms with Crippen LogP contribution in [0, 0.1) is 0 Å². The van der Waals surface area contributed by atoms with Gasteiger partial charge in [0.2, 0.25) is 0 Å². The summed E-state index contributed by atoms with van der Waals surface area (Å²) >= 11 is 0. The number of hydrogen-bond acceptors (Lipinski definition) is 2. The molecule has 2 N–H and O–H groups in total. The summed E-state index contributed by atoms with van der Waals surface area (Å²) in [5.74, 6) is 0.817. The number of aromatic nitrogens is 2. The van der Waals surface area contributed by atoms with Gasteiger partial charge in [-0.05, 0) is 55.5 Å². The second kappa shape index (κ2) is 12.4. The van der Waals surface area contributed by atoms with E-state index in [2.05, 4.69) is 36.0 Å². The topological polar surface area (TPSA) is 53.2 Å². The van der Waals surface area contributed by atoms with Gasteiger partial charge in [-0.15, -0.1) is 0 Å². The molecule has 0 saturated carbocycles. The monoisotopic (exact) mass is 421 g/mol. The summed E-state index contributed by atoms with van der Waals surface area (Å²) < 4.78 is 5.64. The quantitative estimate of drug-likeness (QED) is 0.308. The number of rotatable bonds is 14. The molecule has 0 saturated heterocycles. The summed E-state index contributed by atoms with van der Waals surface area (Å²) in [6.45, 7) is 4.53. The molecule has 0 unspecified atom stereocenters. The van der Waals surface area contributed by atoms with E-state index in [0.717, 1.165) is 35.7 Å². The van der Waals surface area contributed by atoms with Crippen LogP contribution in [0.2, 0.25) is 0 Å². The molecule has 0 atom stereocenters. The minimum atomic E-state index is 0.817. The summed E-state index contributed by atoms with van der Waals surface area (Å²) in [5.41, 5.74) is 6.76. The summed E-state index contributed by atoms with van der Waals surface area (Å²) in [6, 6.07) is 6.42. The molecule has 168 valence electrons. The van der Waals surface area contributed by atoms with Crippen molar-refractivity contribution in [1.82, 2.24) is 9.97 Å². The van der Waals surface area contributed by atoms with Gasteiger partial charge in [-0.1, -0.05) is 58.8 Å². The van der Waals surface area contributed by atoms with E-state index in [9.17, 15) is 0 Å². The van der Waals surface area contributed by atoms with E-state index in [1.807, 2.05) is 24.4 Å². The van der Waals surface area contributed by atoms with Crippen LogP contribution in [0.3, 0.4) is 0 Å². The van der Waals surface area contributed by atoms with E-state index < -0.39 is 0 Å². The van der Waals surface area contributed by atoms with Crippen LogP contribution in [0.15, 0.2) is 46.9 Å². The standard InChI is InChI=1S/C27H39N3O/c1-4-6-8-10-12-15-22-18-21(14-11-9-7-5-2)24(29-22)19-26-27(31-3)20-25(30-26)23-16-13-17-28-23/h13,16-20,28-29H,4-12,14-15H2,1-3H3/b26-19-. The highest BCUT2D eigenvalue weighted by atomic mass is 16.5. The first kappa shape index (κ1) is 23.2. The molecular weight excluding hydrogens is 382 g/mol. The first-order valence-electron chi connectivity index (χ1n) is 12.2. The Labute approximate surface area is 187 Å². The van der Waals surface area contributed by atoms with Gasteiger partial charge in [-0.3, -0.25) is 0 Å². The molecular formula is C27H39N3O. The fourth-order valence-corrected chi connectivity index (χ4v) is 4.16. The molecule has 0 aliphatic carbocycles. The number of allylic oxidation sites excluding steroid dienone is 1. The smallest absolute Gasteiger partial charge is 0.146 e. The lowest BCUT2D eigenvalue weighted by atomic mass is 10.0. The predicted octanol–water partition coefficient (Wildman–Crippen LogP) is 7.35. The number of aryl methyl sites for hydroxylation is 2. The molecule has 0 spiro atoms. The molecule has 3 heterocycles. The molecule has 4 nitrogen and oxygen atoms in total. The lowest BCUT2D eigenvalue weighted by Crippen LogP contribution is -1.93. The number of nitrogens with zero attached hydrogens (tertiary/aromatic N) is 1. The molecule has 1 aliphatic heterocycles. The van der Waals surface area contributed by atoms with Crippen molar-refractivity contribution >= 4 is 11.8 Å². The third-order valence-corrected chi connectivity index (χ3v) is 5.98. The van der Waals surface area contributed by atoms with Crippen LogP contribution in [0.4, 0.5) is 0 Å². The Hall–Kier alpha value is -2.49. The maximum absolute atomic E-state index is 5.64. The largest absolute Gasteiger partial charge is 0.494 e. The molecule has 0 aromatic carbocycles. The summed E-state index contributed by atoms with van der Waals surface area (Å²) in [4.78, 5) is 11.8. The van der Waals surface area contributed by atoms with Crippen LogP contribution in [0.25, 0.3) is 6.08 Å². The Bertz CT molecular complexity index is 884. The zero-order valence-electron chi connectivity index (χ0n) is 19.6. The Kier molecular flexibility index (Phi) is 9.26. The fourth-order valence-electron chi connectivity index (χ4n) is 4.16. The molecule has 0 fully saturated rings. The molecule has 0 bridgehead atoms. The fraction of sp³-hybridized carbons (Fsp3) is 0.519. The summed E-state index contributed by atoms with van der Waals surface area (Å²) in [7, 11) is 1.72. The van der Waals surface area contributed by atoms with Gasteiger partial charge < -0.3 is 14.7 Å². The van der Waals surface area contributed by atoms with Crippen molar-refractivity contribution in [3.63, 3.8) is 0 Å². The Morgan fingerprint density at radius 1 is 0.968 bits per heavy atom. The number of nitrogens with one attached hydrogen (secondary N) is 2. The van der Waals surface area contributed by atoms with E-state index in [4.69, 9.17) is 9.73 Å². The van der Waals surface area contributed by atoms with Gasteiger partial charge in [-0.2, -0.15) is 0 Å². The van der Waals surface area contributed by atoms with Crippen LogP contribution in [-0.2, 0) is 17.6 Å². The number of methoxy groups -OCH3 is 1. The lowest BCUT2D eigenvalue weighted by Gasteiger charge is -2.04. The van der Waals surface area contributed by atoms with Crippen LogP contribution >= 0.6 is 0 Å². The molecule has 2 aromatic rings. The van der Waals surface area contributed by atoms with Crippen molar-refractivity contribution in [2.24, 2.45) is 4.99 Å². The molecule has 2 aromatic heterocycles. The normalized spacial score (nSPS) is 14.9. The maximum Gasteiger partial charge on any atom is 0.146 e. The minimum absolute atomic E-state index is 0.817. The highest BCUT2D eigenvalue weighted by Gasteiger charge is 2.18. The minimum Gasteiger partial charge on any atom is -0.494 e. The molecule has 31 heavy (non-hydrogen) atoms. The number of unbranched alkanes of at least 4 members (excludes halogenated alkanes) is 7. The number of aliphatic imine (C=N–C) groups is 1. The van der Waals surface area contributed by atoms with Crippen molar-refractivity contribution < 1.29 is 4.74 Å². The predicted molar refractivity (Wildman–Crippen MR) is 132 cm³/mol. The Morgan fingerprint density at radius 2 is 1.71 bits per heavy atom. The van der Waals surface area contributed by atoms with E-state index in [1.165, 1.54) is 74.7 Å². The summed E-state index contributed by atoms with van der Waals surface area (Å²) in [5, 5.41) is 0. The highest BCUT2D eigenvalue weighted by molar-refractivity contribution is 6.11. The molecule has 3 rings (SSSR count). The van der Waals surface area contributed by atoms with Crippen LogP contribution in [-0.4, -0.2) is 22.8 Å². The van der Waals surface area contributed by atoms with Crippen molar-refractivity contribution in [1.29, 1.82) is 0 Å². The second-order valence-electron chi connectivity index (χ2n) is 8.53. The SMILES string of the molecule is CCCCCCCc1cc(CCCCCC)c(/C=C2\N=C(c3ccc[nH]3)C=C2OC)[nH]1. The first-order chi connectivity index (χ1) is 15.2. The average Bonchev–Trinajstić information content (AvgIpc) is 3.51. The van der Waals surface area contributed by atoms with Crippen LogP contribution < -0.4 is 0 Å². The van der Waals surface area contributed by atoms with E-state index in [-0.39, 0.29) is 0 Å². The molecule has 4 heteroatoms. The van der Waals surface area contributed by atoms with Crippen molar-refractivity contribution in [2.45, 2.75) is 84.5 Å². The van der Waals surface area contributed by atoms with Gasteiger partial charge >= 0.3 is 0 Å². The van der Waals surface area contributed by atoms with E-state index in [1.54, 1.807) is 7.11 Å². The number of ether oxygens (including phenoxy) is 1. The van der Waals surface area contributed by atoms with E-state index in [0.29, 0.717) is 0 Å². The maximum atomic E-state index is 5.64. The van der Waals surface area contributed by atoms with Gasteiger partial charge in [0.1, 0.15) is 11.5 Å². The lowest BCUT2D eigenvalue weighted by molar-refractivity contribution is 0.303. The highest BCUT2D eigenvalue weighted by Crippen LogP contribution is 2.27. The number of hydrogen-bond donors (Lipinski definition) is 2. The van der Waals surface area contributed by atoms with Crippen molar-refractivity contribution in [2.75, 3.05) is 7.11 Å². The van der Waals surface area contributed by atoms with Crippen molar-refractivity contribution in [3.8, 4) is 0 Å². The van der Waals surface area contributed by atoms with Crippen molar-refractivity contribution in [3.05, 3.63) is 64.6 Å². The molecule has 0 amide bonds. The van der Waals surface area contributed by atoms with Gasteiger partial charge in [0.15, 0.2) is 0 Å².